The number of nitrogens with zero attached hydrogens (tertiary/aromatic N) is 1. The molecular weight excluding hydrogens is 701 g/mol. The molecule has 1 aliphatic heterocycles. The van der Waals surface area contributed by atoms with Crippen molar-refractivity contribution in [2.24, 2.45) is 5.73 Å². The molecule has 1 unspecified atom stereocenters. The zero-order valence-electron chi connectivity index (χ0n) is 30.4. The Hall–Kier alpha value is -6.51. The third-order valence-electron chi connectivity index (χ3n) is 9.54. The van der Waals surface area contributed by atoms with E-state index < -0.39 is 66.4 Å². The number of aromatic amines is 1. The lowest BCUT2D eigenvalue weighted by Crippen LogP contribution is -2.60. The van der Waals surface area contributed by atoms with Crippen LogP contribution in [0.5, 0.6) is 5.75 Å². The molecule has 55 heavy (non-hydrogen) atoms. The first kappa shape index (κ1) is 38.2. The number of carbonyl (C=O) groups is 5. The second-order valence-corrected chi connectivity index (χ2v) is 13.5. The summed E-state index contributed by atoms with van der Waals surface area (Å²) < 4.78 is 0. The Bertz CT molecular complexity index is 2170. The summed E-state index contributed by atoms with van der Waals surface area (Å²) in [6, 6.07) is 27.2. The number of fused-ring (bicyclic) bond motifs is 2. The second kappa shape index (κ2) is 17.1. The van der Waals surface area contributed by atoms with E-state index in [1.807, 2.05) is 78.9 Å². The van der Waals surface area contributed by atoms with Gasteiger partial charge in [0, 0.05) is 42.7 Å². The van der Waals surface area contributed by atoms with Gasteiger partial charge < -0.3 is 42.0 Å². The standard InChI is InChI=1S/C41H44N8O6/c1-24(42)38(52)46-32(20-25-16-18-28(50)19-17-25)39(53)44-23-35(51)45-33(21-27-22-43-31-14-8-6-12-29(27)31)40(54)48-37-41(55)49(2)34-15-9-7-13-30(34)36(47-37)26-10-4-3-5-11-26/h3-19,22,24,32-33,36-37,43,47,50H,20-21,23,42H2,1-2H3,(H,44,53)(H,45,51)(H,46,52)(H,48,54)/t24-,32-,33-,36?,37+/m0/s1. The Morgan fingerprint density at radius 3 is 2.24 bits per heavy atom. The summed E-state index contributed by atoms with van der Waals surface area (Å²) in [5.74, 6) is -2.89. The van der Waals surface area contributed by atoms with Gasteiger partial charge in [-0.15, -0.1) is 0 Å². The molecule has 0 saturated heterocycles. The zero-order valence-corrected chi connectivity index (χ0v) is 30.4. The van der Waals surface area contributed by atoms with Crippen LogP contribution in [0.2, 0.25) is 0 Å². The number of aromatic nitrogens is 1. The molecule has 14 nitrogen and oxygen atoms in total. The quantitative estimate of drug-likeness (QED) is 0.0891. The highest BCUT2D eigenvalue weighted by Crippen LogP contribution is 2.33. The SMILES string of the molecule is C[C@H](N)C(=O)N[C@@H](Cc1ccc(O)cc1)C(=O)NCC(=O)N[C@@H](Cc1c[nH]c2ccccc12)C(=O)N[C@H]1NC(c2ccccc2)c2ccccc2N(C)C1=O. The molecule has 5 atom stereocenters. The molecular formula is C41H44N8O6. The van der Waals surface area contributed by atoms with Crippen LogP contribution >= 0.6 is 0 Å². The number of para-hydroxylation sites is 2. The fourth-order valence-electron chi connectivity index (χ4n) is 6.59. The number of aromatic hydroxyl groups is 1. The third kappa shape index (κ3) is 9.18. The number of benzene rings is 4. The van der Waals surface area contributed by atoms with Crippen molar-refractivity contribution in [3.05, 3.63) is 132 Å². The van der Waals surface area contributed by atoms with Gasteiger partial charge in [0.05, 0.1) is 18.6 Å². The summed E-state index contributed by atoms with van der Waals surface area (Å²) in [5, 5.41) is 24.6. The van der Waals surface area contributed by atoms with E-state index in [2.05, 4.69) is 31.6 Å². The number of nitrogens with one attached hydrogen (secondary N) is 6. The van der Waals surface area contributed by atoms with Crippen molar-refractivity contribution in [1.82, 2.24) is 31.6 Å². The van der Waals surface area contributed by atoms with E-state index in [1.165, 1.54) is 24.0 Å². The number of nitrogens with two attached hydrogens (primary N) is 1. The first-order valence-corrected chi connectivity index (χ1v) is 17.9. The minimum Gasteiger partial charge on any atom is -0.508 e. The number of anilines is 1. The summed E-state index contributed by atoms with van der Waals surface area (Å²) >= 11 is 0. The number of hydrogen-bond donors (Lipinski definition) is 8. The zero-order chi connectivity index (χ0) is 39.1. The number of phenols is 1. The van der Waals surface area contributed by atoms with Gasteiger partial charge in [0.1, 0.15) is 17.8 Å². The topological polar surface area (TPSA) is 211 Å². The van der Waals surface area contributed by atoms with E-state index >= 15 is 0 Å². The number of phenolic OH excluding ortho intramolecular Hbond substituents is 1. The maximum Gasteiger partial charge on any atom is 0.264 e. The van der Waals surface area contributed by atoms with Gasteiger partial charge in [-0.05, 0) is 53.4 Å². The highest BCUT2D eigenvalue weighted by molar-refractivity contribution is 6.01. The van der Waals surface area contributed by atoms with Gasteiger partial charge in [-0.2, -0.15) is 0 Å². The van der Waals surface area contributed by atoms with E-state index in [9.17, 15) is 29.1 Å². The van der Waals surface area contributed by atoms with Crippen LogP contribution in [0, 0.1) is 0 Å². The van der Waals surface area contributed by atoms with Crippen LogP contribution in [-0.2, 0) is 36.8 Å². The van der Waals surface area contributed by atoms with Crippen molar-refractivity contribution in [2.75, 3.05) is 18.5 Å². The Morgan fingerprint density at radius 1 is 0.818 bits per heavy atom. The van der Waals surface area contributed by atoms with Crippen LogP contribution < -0.4 is 37.2 Å². The average Bonchev–Trinajstić information content (AvgIpc) is 3.56. The number of H-pyrrole nitrogens is 1. The summed E-state index contributed by atoms with van der Waals surface area (Å²) in [6.07, 6.45) is 0.704. The third-order valence-corrected chi connectivity index (χ3v) is 9.54. The molecule has 6 rings (SSSR count). The molecule has 2 heterocycles. The molecule has 0 aliphatic carbocycles. The molecule has 14 heteroatoms. The Kier molecular flexibility index (Phi) is 11.9. The first-order chi connectivity index (χ1) is 26.5. The molecule has 0 saturated carbocycles. The summed E-state index contributed by atoms with van der Waals surface area (Å²) in [7, 11) is 1.65. The van der Waals surface area contributed by atoms with Crippen LogP contribution in [0.3, 0.4) is 0 Å². The van der Waals surface area contributed by atoms with E-state index in [-0.39, 0.29) is 18.6 Å². The molecule has 0 bridgehead atoms. The number of carbonyl (C=O) groups excluding carboxylic acids is 5. The maximum atomic E-state index is 14.2. The van der Waals surface area contributed by atoms with Crippen LogP contribution in [0.15, 0.2) is 109 Å². The monoisotopic (exact) mass is 744 g/mol. The molecule has 1 aromatic heterocycles. The van der Waals surface area contributed by atoms with E-state index in [1.54, 1.807) is 25.4 Å². The van der Waals surface area contributed by atoms with Gasteiger partial charge in [0.25, 0.3) is 5.91 Å². The lowest BCUT2D eigenvalue weighted by atomic mass is 9.97. The molecule has 4 aromatic carbocycles. The summed E-state index contributed by atoms with van der Waals surface area (Å²) in [6.45, 7) is 0.958. The molecule has 5 aromatic rings. The van der Waals surface area contributed by atoms with Crippen molar-refractivity contribution in [1.29, 1.82) is 0 Å². The van der Waals surface area contributed by atoms with Gasteiger partial charge in [-0.1, -0.05) is 78.9 Å². The predicted molar refractivity (Wildman–Crippen MR) is 208 cm³/mol. The minimum atomic E-state index is -1.17. The Balaban J connectivity index is 1.21. The highest BCUT2D eigenvalue weighted by atomic mass is 16.3. The van der Waals surface area contributed by atoms with E-state index in [4.69, 9.17) is 5.73 Å². The van der Waals surface area contributed by atoms with Gasteiger partial charge in [0.2, 0.25) is 23.6 Å². The fourth-order valence-corrected chi connectivity index (χ4v) is 6.59. The molecule has 1 aliphatic rings. The maximum absolute atomic E-state index is 14.2. The summed E-state index contributed by atoms with van der Waals surface area (Å²) in [4.78, 5) is 72.2. The lowest BCUT2D eigenvalue weighted by molar-refractivity contribution is -0.132. The molecule has 284 valence electrons. The van der Waals surface area contributed by atoms with E-state index in [0.29, 0.717) is 11.3 Å². The van der Waals surface area contributed by atoms with Gasteiger partial charge in [-0.25, -0.2) is 0 Å². The van der Waals surface area contributed by atoms with Crippen molar-refractivity contribution < 1.29 is 29.1 Å². The Morgan fingerprint density at radius 2 is 1.49 bits per heavy atom. The number of rotatable bonds is 13. The molecule has 5 amide bonds. The lowest BCUT2D eigenvalue weighted by Gasteiger charge is -2.26. The first-order valence-electron chi connectivity index (χ1n) is 17.9. The van der Waals surface area contributed by atoms with Crippen molar-refractivity contribution in [3.63, 3.8) is 0 Å². The largest absolute Gasteiger partial charge is 0.508 e. The molecule has 0 spiro atoms. The molecule has 0 fully saturated rings. The molecule has 9 N–H and O–H groups in total. The van der Waals surface area contributed by atoms with Crippen molar-refractivity contribution in [2.45, 2.75) is 50.1 Å². The van der Waals surface area contributed by atoms with Crippen molar-refractivity contribution in [3.8, 4) is 5.75 Å². The van der Waals surface area contributed by atoms with Crippen molar-refractivity contribution >= 4 is 46.1 Å². The Labute approximate surface area is 317 Å². The summed E-state index contributed by atoms with van der Waals surface area (Å²) in [5.41, 5.74) is 10.4. The van der Waals surface area contributed by atoms with Gasteiger partial charge >= 0.3 is 0 Å². The van der Waals surface area contributed by atoms with Crippen LogP contribution in [0.25, 0.3) is 10.9 Å². The molecule has 0 radical (unpaired) electrons. The fraction of sp³-hybridized carbons (Fsp3) is 0.244. The highest BCUT2D eigenvalue weighted by Gasteiger charge is 2.36. The normalized spacial score (nSPS) is 16.9. The number of likely N-dealkylation sites (N-methyl/N-ethyl adjacent to an activating group) is 1. The second-order valence-electron chi connectivity index (χ2n) is 13.5. The van der Waals surface area contributed by atoms with Gasteiger partial charge in [-0.3, -0.25) is 29.3 Å². The van der Waals surface area contributed by atoms with Crippen LogP contribution in [0.4, 0.5) is 5.69 Å². The predicted octanol–water partition coefficient (Wildman–Crippen LogP) is 1.89. The smallest absolute Gasteiger partial charge is 0.264 e. The van der Waals surface area contributed by atoms with Crippen LogP contribution in [-0.4, -0.2) is 77.5 Å². The number of amides is 5. The van der Waals surface area contributed by atoms with Crippen LogP contribution in [0.1, 0.15) is 35.2 Å². The van der Waals surface area contributed by atoms with Gasteiger partial charge in [0.15, 0.2) is 6.17 Å². The minimum absolute atomic E-state index is 0.0413. The number of hydrogen-bond acceptors (Lipinski definition) is 8. The average molecular weight is 745 g/mol. The van der Waals surface area contributed by atoms with E-state index in [0.717, 1.165) is 27.6 Å².